The second kappa shape index (κ2) is 9.52. The minimum Gasteiger partial charge on any atom is -0.385 e. The first-order valence-corrected chi connectivity index (χ1v) is 10.3. The molecular formula is C22H34N2O2. The Morgan fingerprint density at radius 1 is 1.12 bits per heavy atom. The molecule has 2 fully saturated rings. The third-order valence-corrected chi connectivity index (χ3v) is 6.30. The smallest absolute Gasteiger partial charge is 0.251 e. The maximum Gasteiger partial charge on any atom is 0.251 e. The lowest BCUT2D eigenvalue weighted by Gasteiger charge is -2.45. The molecule has 0 bridgehead atoms. The van der Waals surface area contributed by atoms with E-state index in [2.05, 4.69) is 10.2 Å². The van der Waals surface area contributed by atoms with E-state index in [0.29, 0.717) is 6.61 Å². The molecule has 1 saturated carbocycles. The zero-order valence-corrected chi connectivity index (χ0v) is 16.2. The SMILES string of the molecule is COCCC1(NC(=O)c2ccccc2)CCN(C2CCCCCC2)CC1. The summed E-state index contributed by atoms with van der Waals surface area (Å²) >= 11 is 0. The molecule has 1 amide bonds. The van der Waals surface area contributed by atoms with Crippen molar-refractivity contribution in [2.45, 2.75) is 69.4 Å². The fraction of sp³-hybridized carbons (Fsp3) is 0.682. The summed E-state index contributed by atoms with van der Waals surface area (Å²) in [6.07, 6.45) is 11.2. The molecule has 0 spiro atoms. The maximum atomic E-state index is 12.7. The van der Waals surface area contributed by atoms with Gasteiger partial charge in [0.05, 0.1) is 0 Å². The van der Waals surface area contributed by atoms with Crippen molar-refractivity contribution in [3.8, 4) is 0 Å². The van der Waals surface area contributed by atoms with E-state index in [-0.39, 0.29) is 11.4 Å². The molecule has 144 valence electrons. The van der Waals surface area contributed by atoms with Gasteiger partial charge < -0.3 is 15.0 Å². The third kappa shape index (κ3) is 5.08. The highest BCUT2D eigenvalue weighted by Gasteiger charge is 2.37. The molecule has 0 unspecified atom stereocenters. The van der Waals surface area contributed by atoms with E-state index in [0.717, 1.165) is 44.0 Å². The summed E-state index contributed by atoms with van der Waals surface area (Å²) in [5.74, 6) is 0.0459. The maximum absolute atomic E-state index is 12.7. The molecule has 1 aromatic carbocycles. The summed E-state index contributed by atoms with van der Waals surface area (Å²) in [5, 5.41) is 3.37. The number of benzene rings is 1. The Bertz CT molecular complexity index is 545. The zero-order valence-electron chi connectivity index (χ0n) is 16.2. The summed E-state index contributed by atoms with van der Waals surface area (Å²) in [6.45, 7) is 2.87. The Hall–Kier alpha value is -1.39. The number of methoxy groups -OCH3 is 1. The number of carbonyl (C=O) groups is 1. The Balaban J connectivity index is 1.62. The first-order chi connectivity index (χ1) is 12.7. The largest absolute Gasteiger partial charge is 0.385 e. The van der Waals surface area contributed by atoms with Gasteiger partial charge in [0.2, 0.25) is 0 Å². The van der Waals surface area contributed by atoms with E-state index in [4.69, 9.17) is 4.74 Å². The van der Waals surface area contributed by atoms with Crippen LogP contribution >= 0.6 is 0 Å². The predicted octanol–water partition coefficient (Wildman–Crippen LogP) is 4.01. The van der Waals surface area contributed by atoms with Crippen LogP contribution in [-0.2, 0) is 4.74 Å². The molecule has 4 nitrogen and oxygen atoms in total. The molecule has 4 heteroatoms. The molecule has 26 heavy (non-hydrogen) atoms. The van der Waals surface area contributed by atoms with Crippen LogP contribution in [0.25, 0.3) is 0 Å². The number of hydrogen-bond acceptors (Lipinski definition) is 3. The lowest BCUT2D eigenvalue weighted by Crippen LogP contribution is -2.57. The predicted molar refractivity (Wildman–Crippen MR) is 105 cm³/mol. The summed E-state index contributed by atoms with van der Waals surface area (Å²) in [6, 6.07) is 10.3. The fourth-order valence-electron chi connectivity index (χ4n) is 4.58. The van der Waals surface area contributed by atoms with Crippen LogP contribution in [0.3, 0.4) is 0 Å². The van der Waals surface area contributed by atoms with Gasteiger partial charge in [-0.05, 0) is 44.2 Å². The van der Waals surface area contributed by atoms with E-state index >= 15 is 0 Å². The standard InChI is InChI=1S/C22H34N2O2/c1-26-18-15-22(23-21(25)19-9-5-4-6-10-19)13-16-24(17-14-22)20-11-7-2-3-8-12-20/h4-6,9-10,20H,2-3,7-8,11-18H2,1H3,(H,23,25). The number of carbonyl (C=O) groups excluding carboxylic acids is 1. The highest BCUT2D eigenvalue weighted by molar-refractivity contribution is 5.94. The van der Waals surface area contributed by atoms with Gasteiger partial charge in [-0.25, -0.2) is 0 Å². The number of likely N-dealkylation sites (tertiary alicyclic amines) is 1. The third-order valence-electron chi connectivity index (χ3n) is 6.30. The second-order valence-electron chi connectivity index (χ2n) is 8.02. The summed E-state index contributed by atoms with van der Waals surface area (Å²) in [7, 11) is 1.74. The number of nitrogens with one attached hydrogen (secondary N) is 1. The summed E-state index contributed by atoms with van der Waals surface area (Å²) in [4.78, 5) is 15.4. The van der Waals surface area contributed by atoms with Crippen LogP contribution < -0.4 is 5.32 Å². The lowest BCUT2D eigenvalue weighted by atomic mass is 9.83. The second-order valence-corrected chi connectivity index (χ2v) is 8.02. The normalized spacial score (nSPS) is 21.9. The molecule has 0 radical (unpaired) electrons. The van der Waals surface area contributed by atoms with Crippen molar-refractivity contribution in [3.63, 3.8) is 0 Å². The molecule has 2 aliphatic rings. The van der Waals surface area contributed by atoms with Gasteiger partial charge >= 0.3 is 0 Å². The Labute approximate surface area is 158 Å². The molecule has 1 aromatic rings. The van der Waals surface area contributed by atoms with Crippen LogP contribution in [0.4, 0.5) is 0 Å². The van der Waals surface area contributed by atoms with E-state index in [1.165, 1.54) is 38.5 Å². The molecule has 3 rings (SSSR count). The van der Waals surface area contributed by atoms with Gasteiger partial charge in [-0.2, -0.15) is 0 Å². The van der Waals surface area contributed by atoms with Gasteiger partial charge in [0.25, 0.3) is 5.91 Å². The topological polar surface area (TPSA) is 41.6 Å². The van der Waals surface area contributed by atoms with E-state index in [1.807, 2.05) is 30.3 Å². The summed E-state index contributed by atoms with van der Waals surface area (Å²) < 4.78 is 5.35. The van der Waals surface area contributed by atoms with Crippen molar-refractivity contribution in [2.24, 2.45) is 0 Å². The lowest BCUT2D eigenvalue weighted by molar-refractivity contribution is 0.0576. The van der Waals surface area contributed by atoms with Crippen LogP contribution in [0, 0.1) is 0 Å². The van der Waals surface area contributed by atoms with E-state index in [1.54, 1.807) is 7.11 Å². The van der Waals surface area contributed by atoms with Gasteiger partial charge in [0.1, 0.15) is 0 Å². The van der Waals surface area contributed by atoms with Gasteiger partial charge in [0, 0.05) is 44.0 Å². The molecule has 1 heterocycles. The molecule has 0 aromatic heterocycles. The quantitative estimate of drug-likeness (QED) is 0.781. The van der Waals surface area contributed by atoms with Crippen molar-refractivity contribution in [1.82, 2.24) is 10.2 Å². The molecule has 1 aliphatic carbocycles. The number of hydrogen-bond donors (Lipinski definition) is 1. The van der Waals surface area contributed by atoms with Crippen LogP contribution in [0.1, 0.15) is 68.1 Å². The van der Waals surface area contributed by atoms with E-state index < -0.39 is 0 Å². The van der Waals surface area contributed by atoms with Crippen molar-refractivity contribution in [2.75, 3.05) is 26.8 Å². The number of amides is 1. The molecule has 0 atom stereocenters. The number of rotatable bonds is 6. The average molecular weight is 359 g/mol. The first-order valence-electron chi connectivity index (χ1n) is 10.3. The zero-order chi connectivity index (χ0) is 18.2. The molecule has 1 aliphatic heterocycles. The first kappa shape index (κ1) is 19.4. The molecule has 1 saturated heterocycles. The highest BCUT2D eigenvalue weighted by Crippen LogP contribution is 2.31. The number of nitrogens with zero attached hydrogens (tertiary/aromatic N) is 1. The fourth-order valence-corrected chi connectivity index (χ4v) is 4.58. The number of ether oxygens (including phenoxy) is 1. The van der Waals surface area contributed by atoms with Gasteiger partial charge in [-0.1, -0.05) is 43.9 Å². The molecular weight excluding hydrogens is 324 g/mol. The van der Waals surface area contributed by atoms with Crippen LogP contribution in [0.5, 0.6) is 0 Å². The van der Waals surface area contributed by atoms with E-state index in [9.17, 15) is 4.79 Å². The van der Waals surface area contributed by atoms with Gasteiger partial charge in [-0.3, -0.25) is 4.79 Å². The Morgan fingerprint density at radius 2 is 1.77 bits per heavy atom. The van der Waals surface area contributed by atoms with Crippen LogP contribution in [0.2, 0.25) is 0 Å². The van der Waals surface area contributed by atoms with Crippen LogP contribution in [-0.4, -0.2) is 49.2 Å². The van der Waals surface area contributed by atoms with Crippen molar-refractivity contribution >= 4 is 5.91 Å². The van der Waals surface area contributed by atoms with Gasteiger partial charge in [0.15, 0.2) is 0 Å². The van der Waals surface area contributed by atoms with Crippen molar-refractivity contribution < 1.29 is 9.53 Å². The minimum atomic E-state index is -0.135. The summed E-state index contributed by atoms with van der Waals surface area (Å²) in [5.41, 5.74) is 0.611. The molecule has 1 N–H and O–H groups in total. The van der Waals surface area contributed by atoms with Gasteiger partial charge in [-0.15, -0.1) is 0 Å². The van der Waals surface area contributed by atoms with Crippen molar-refractivity contribution in [1.29, 1.82) is 0 Å². The van der Waals surface area contributed by atoms with Crippen molar-refractivity contribution in [3.05, 3.63) is 35.9 Å². The number of piperidine rings is 1. The van der Waals surface area contributed by atoms with Crippen LogP contribution in [0.15, 0.2) is 30.3 Å². The Kier molecular flexibility index (Phi) is 7.09. The average Bonchev–Trinajstić information content (AvgIpc) is 2.97. The highest BCUT2D eigenvalue weighted by atomic mass is 16.5. The minimum absolute atomic E-state index is 0.0459. The monoisotopic (exact) mass is 358 g/mol. The Morgan fingerprint density at radius 3 is 2.38 bits per heavy atom.